The summed E-state index contributed by atoms with van der Waals surface area (Å²) in [6, 6.07) is -1.66. The second kappa shape index (κ2) is 9.06. The summed E-state index contributed by atoms with van der Waals surface area (Å²) in [4.78, 5) is 42.2. The average molecular weight is 358 g/mol. The number of hydrogen-bond acceptors (Lipinski definition) is 5. The molecule has 3 amide bonds. The number of amides is 3. The molecule has 0 saturated carbocycles. The predicted molar refractivity (Wildman–Crippen MR) is 89.6 cm³/mol. The standard InChI is InChI=1S/C14H26N6O5/c1-3-19(4-5-21)12(23)11(17-8(2)22)9-6-20(14(24)25)7-10(9)18-13(15)16/h9-11,21H,3-7H2,1-2H3,(H,17,22)(H,24,25)(H4,15,16,18)/t9-,10-,11?/m0/s1. The van der Waals surface area contributed by atoms with Crippen molar-refractivity contribution in [3.63, 3.8) is 0 Å². The van der Waals surface area contributed by atoms with Crippen molar-refractivity contribution < 1.29 is 24.6 Å². The van der Waals surface area contributed by atoms with E-state index in [2.05, 4.69) is 10.3 Å². The monoisotopic (exact) mass is 358 g/mol. The van der Waals surface area contributed by atoms with Crippen molar-refractivity contribution >= 4 is 23.9 Å². The van der Waals surface area contributed by atoms with Gasteiger partial charge in [0.05, 0.1) is 12.6 Å². The van der Waals surface area contributed by atoms with Crippen LogP contribution in [0, 0.1) is 5.92 Å². The maximum absolute atomic E-state index is 12.8. The smallest absolute Gasteiger partial charge is 0.407 e. The van der Waals surface area contributed by atoms with Crippen LogP contribution in [0.4, 0.5) is 4.79 Å². The number of rotatable bonds is 7. The third-order valence-corrected chi connectivity index (χ3v) is 4.03. The van der Waals surface area contributed by atoms with Crippen molar-refractivity contribution in [3.05, 3.63) is 0 Å². The Morgan fingerprint density at radius 1 is 1.36 bits per heavy atom. The maximum atomic E-state index is 12.8. The Balaban J connectivity index is 3.16. The van der Waals surface area contributed by atoms with Crippen LogP contribution in [0.25, 0.3) is 0 Å². The average Bonchev–Trinajstić information content (AvgIpc) is 2.92. The molecule has 25 heavy (non-hydrogen) atoms. The lowest BCUT2D eigenvalue weighted by Crippen LogP contribution is -2.55. The number of carboxylic acid groups (broad SMARTS) is 1. The summed E-state index contributed by atoms with van der Waals surface area (Å²) in [6.07, 6.45) is -1.16. The summed E-state index contributed by atoms with van der Waals surface area (Å²) in [5.74, 6) is -1.70. The van der Waals surface area contributed by atoms with Crippen LogP contribution in [0.1, 0.15) is 13.8 Å². The number of nitrogens with zero attached hydrogens (tertiary/aromatic N) is 3. The van der Waals surface area contributed by atoms with Gasteiger partial charge in [-0.05, 0) is 6.92 Å². The highest BCUT2D eigenvalue weighted by atomic mass is 16.4. The van der Waals surface area contributed by atoms with Gasteiger partial charge < -0.3 is 36.8 Å². The van der Waals surface area contributed by atoms with Crippen LogP contribution < -0.4 is 16.8 Å². The lowest BCUT2D eigenvalue weighted by molar-refractivity contribution is -0.138. The fraction of sp³-hybridized carbons (Fsp3) is 0.714. The summed E-state index contributed by atoms with van der Waals surface area (Å²) in [5.41, 5.74) is 10.8. The van der Waals surface area contributed by atoms with Gasteiger partial charge in [0.15, 0.2) is 5.96 Å². The van der Waals surface area contributed by atoms with Crippen molar-refractivity contribution in [1.29, 1.82) is 0 Å². The van der Waals surface area contributed by atoms with E-state index in [9.17, 15) is 19.5 Å². The second-order valence-electron chi connectivity index (χ2n) is 5.79. The number of likely N-dealkylation sites (N-methyl/N-ethyl adjacent to an activating group) is 1. The Hall–Kier alpha value is -2.56. The number of nitrogens with two attached hydrogens (primary N) is 2. The number of guanidine groups is 1. The summed E-state index contributed by atoms with van der Waals surface area (Å²) >= 11 is 0. The molecule has 1 unspecified atom stereocenters. The number of carbonyl (C=O) groups is 3. The van der Waals surface area contributed by atoms with E-state index in [0.717, 1.165) is 4.90 Å². The number of hydrogen-bond donors (Lipinski definition) is 5. The molecule has 1 aliphatic heterocycles. The predicted octanol–water partition coefficient (Wildman–Crippen LogP) is -2.42. The molecule has 1 aliphatic rings. The highest BCUT2D eigenvalue weighted by Crippen LogP contribution is 2.25. The molecular formula is C14H26N6O5. The number of aliphatic hydroxyl groups excluding tert-OH is 1. The van der Waals surface area contributed by atoms with Gasteiger partial charge in [-0.15, -0.1) is 0 Å². The van der Waals surface area contributed by atoms with E-state index >= 15 is 0 Å². The van der Waals surface area contributed by atoms with E-state index in [1.807, 2.05) is 0 Å². The quantitative estimate of drug-likeness (QED) is 0.248. The van der Waals surface area contributed by atoms with E-state index < -0.39 is 35.9 Å². The number of carbonyl (C=O) groups excluding carboxylic acids is 2. The van der Waals surface area contributed by atoms with Crippen LogP contribution >= 0.6 is 0 Å². The van der Waals surface area contributed by atoms with Crippen LogP contribution in [0.15, 0.2) is 4.99 Å². The van der Waals surface area contributed by atoms with Gasteiger partial charge in [-0.2, -0.15) is 0 Å². The minimum absolute atomic E-state index is 0.00411. The van der Waals surface area contributed by atoms with Crippen molar-refractivity contribution in [2.24, 2.45) is 22.4 Å². The molecule has 0 aliphatic carbocycles. The van der Waals surface area contributed by atoms with Gasteiger partial charge in [0.2, 0.25) is 11.8 Å². The van der Waals surface area contributed by atoms with Crippen LogP contribution in [0.3, 0.4) is 0 Å². The van der Waals surface area contributed by atoms with Gasteiger partial charge in [-0.25, -0.2) is 9.79 Å². The van der Waals surface area contributed by atoms with Crippen LogP contribution in [-0.2, 0) is 9.59 Å². The van der Waals surface area contributed by atoms with Gasteiger partial charge in [0.25, 0.3) is 0 Å². The number of aliphatic imine (C=N–C) groups is 1. The first kappa shape index (κ1) is 20.5. The molecule has 0 radical (unpaired) electrons. The normalized spacial score (nSPS) is 20.7. The first-order valence-corrected chi connectivity index (χ1v) is 7.94. The lowest BCUT2D eigenvalue weighted by Gasteiger charge is -2.31. The van der Waals surface area contributed by atoms with Crippen LogP contribution in [0.5, 0.6) is 0 Å². The molecule has 0 aromatic carbocycles. The van der Waals surface area contributed by atoms with E-state index in [1.54, 1.807) is 6.92 Å². The number of aliphatic hydroxyl groups is 1. The highest BCUT2D eigenvalue weighted by molar-refractivity contribution is 5.87. The van der Waals surface area contributed by atoms with Crippen molar-refractivity contribution in [2.75, 3.05) is 32.8 Å². The first-order chi connectivity index (χ1) is 11.7. The Bertz CT molecular complexity index is 536. The molecule has 11 heteroatoms. The van der Waals surface area contributed by atoms with Crippen molar-refractivity contribution in [3.8, 4) is 0 Å². The highest BCUT2D eigenvalue weighted by Gasteiger charge is 2.44. The van der Waals surface area contributed by atoms with Gasteiger partial charge in [-0.3, -0.25) is 9.59 Å². The van der Waals surface area contributed by atoms with E-state index in [-0.39, 0.29) is 32.2 Å². The van der Waals surface area contributed by atoms with Gasteiger partial charge in [-0.1, -0.05) is 0 Å². The zero-order chi connectivity index (χ0) is 19.1. The SMILES string of the molecule is CCN(CCO)C(=O)C(NC(C)=O)[C@H]1CN(C(=O)O)C[C@@H]1N=C(N)N. The Labute approximate surface area is 145 Å². The van der Waals surface area contributed by atoms with Gasteiger partial charge in [0.1, 0.15) is 6.04 Å². The molecule has 11 nitrogen and oxygen atoms in total. The molecular weight excluding hydrogens is 332 g/mol. The molecule has 3 atom stereocenters. The van der Waals surface area contributed by atoms with Crippen molar-refractivity contribution in [2.45, 2.75) is 25.9 Å². The molecule has 0 spiro atoms. The van der Waals surface area contributed by atoms with E-state index in [1.165, 1.54) is 11.8 Å². The molecule has 1 rings (SSSR count). The Morgan fingerprint density at radius 2 is 2.00 bits per heavy atom. The molecule has 1 saturated heterocycles. The number of nitrogens with one attached hydrogen (secondary N) is 1. The first-order valence-electron chi connectivity index (χ1n) is 7.94. The molecule has 142 valence electrons. The minimum atomic E-state index is -1.16. The fourth-order valence-corrected chi connectivity index (χ4v) is 2.94. The van der Waals surface area contributed by atoms with E-state index in [0.29, 0.717) is 6.54 Å². The van der Waals surface area contributed by atoms with Gasteiger partial charge >= 0.3 is 6.09 Å². The summed E-state index contributed by atoms with van der Waals surface area (Å²) in [5, 5.41) is 20.9. The third-order valence-electron chi connectivity index (χ3n) is 4.03. The van der Waals surface area contributed by atoms with Crippen LogP contribution in [-0.4, -0.2) is 88.7 Å². The molecule has 1 fully saturated rings. The summed E-state index contributed by atoms with van der Waals surface area (Å²) in [6.45, 7) is 3.24. The second-order valence-corrected chi connectivity index (χ2v) is 5.79. The third kappa shape index (κ3) is 5.48. The zero-order valence-electron chi connectivity index (χ0n) is 14.4. The Kier molecular flexibility index (Phi) is 7.43. The fourth-order valence-electron chi connectivity index (χ4n) is 2.94. The summed E-state index contributed by atoms with van der Waals surface area (Å²) < 4.78 is 0. The summed E-state index contributed by atoms with van der Waals surface area (Å²) in [7, 11) is 0. The topological polar surface area (TPSA) is 175 Å². The maximum Gasteiger partial charge on any atom is 0.407 e. The molecule has 1 heterocycles. The van der Waals surface area contributed by atoms with Crippen LogP contribution in [0.2, 0.25) is 0 Å². The molecule has 0 bridgehead atoms. The molecule has 0 aromatic heterocycles. The lowest BCUT2D eigenvalue weighted by atomic mass is 9.93. The molecule has 0 aromatic rings. The van der Waals surface area contributed by atoms with E-state index in [4.69, 9.17) is 16.6 Å². The Morgan fingerprint density at radius 3 is 2.44 bits per heavy atom. The van der Waals surface area contributed by atoms with Gasteiger partial charge in [0, 0.05) is 39.0 Å². The minimum Gasteiger partial charge on any atom is -0.465 e. The molecule has 7 N–H and O–H groups in total. The largest absolute Gasteiger partial charge is 0.465 e. The zero-order valence-corrected chi connectivity index (χ0v) is 14.4. The number of likely N-dealkylation sites (tertiary alicyclic amines) is 1. The van der Waals surface area contributed by atoms with Crippen molar-refractivity contribution in [1.82, 2.24) is 15.1 Å².